The van der Waals surface area contributed by atoms with Crippen molar-refractivity contribution in [3.05, 3.63) is 18.2 Å². The number of nitrogens with zero attached hydrogens (tertiary/aromatic N) is 1. The standard InChI is InChI=1S/C12H14NO3/c1-2-11-12(15-8-14-11)7-10(1)16-9-3-5-13-6-4-9/h1-2,7,9H,3-6,8H2. The van der Waals surface area contributed by atoms with Gasteiger partial charge in [-0.05, 0) is 25.0 Å². The molecular formula is C12H14NO3. The molecule has 1 fully saturated rings. The fraction of sp³-hybridized carbons (Fsp3) is 0.500. The molecule has 2 aliphatic rings. The Morgan fingerprint density at radius 2 is 1.94 bits per heavy atom. The van der Waals surface area contributed by atoms with Crippen molar-refractivity contribution in [3.63, 3.8) is 0 Å². The summed E-state index contributed by atoms with van der Waals surface area (Å²) in [6.07, 6.45) is 2.31. The molecule has 16 heavy (non-hydrogen) atoms. The monoisotopic (exact) mass is 220 g/mol. The third-order valence-electron chi connectivity index (χ3n) is 2.87. The van der Waals surface area contributed by atoms with Crippen LogP contribution < -0.4 is 19.5 Å². The summed E-state index contributed by atoms with van der Waals surface area (Å²) in [5, 5.41) is 4.30. The molecule has 4 nitrogen and oxygen atoms in total. The summed E-state index contributed by atoms with van der Waals surface area (Å²) >= 11 is 0. The van der Waals surface area contributed by atoms with E-state index < -0.39 is 0 Å². The second kappa shape index (κ2) is 4.22. The number of hydrogen-bond acceptors (Lipinski definition) is 3. The summed E-state index contributed by atoms with van der Waals surface area (Å²) in [5.41, 5.74) is 0. The first kappa shape index (κ1) is 9.78. The smallest absolute Gasteiger partial charge is 0.231 e. The molecule has 0 aromatic heterocycles. The van der Waals surface area contributed by atoms with Gasteiger partial charge in [0.15, 0.2) is 11.5 Å². The molecule has 1 radical (unpaired) electrons. The fourth-order valence-corrected chi connectivity index (χ4v) is 1.99. The molecule has 0 spiro atoms. The van der Waals surface area contributed by atoms with Gasteiger partial charge in [-0.25, -0.2) is 5.32 Å². The molecule has 2 heterocycles. The first-order chi connectivity index (χ1) is 7.92. The summed E-state index contributed by atoms with van der Waals surface area (Å²) in [4.78, 5) is 0. The van der Waals surface area contributed by atoms with Crippen LogP contribution in [0.25, 0.3) is 0 Å². The van der Waals surface area contributed by atoms with E-state index in [1.807, 2.05) is 18.2 Å². The predicted molar refractivity (Wildman–Crippen MR) is 58.1 cm³/mol. The van der Waals surface area contributed by atoms with Crippen LogP contribution in [0, 0.1) is 0 Å². The lowest BCUT2D eigenvalue weighted by Crippen LogP contribution is -2.30. The lowest BCUT2D eigenvalue weighted by Gasteiger charge is -2.22. The Balaban J connectivity index is 1.69. The average molecular weight is 220 g/mol. The van der Waals surface area contributed by atoms with E-state index >= 15 is 0 Å². The molecule has 4 heteroatoms. The van der Waals surface area contributed by atoms with Gasteiger partial charge in [0, 0.05) is 19.2 Å². The molecule has 0 bridgehead atoms. The molecule has 0 saturated carbocycles. The minimum absolute atomic E-state index is 0.290. The maximum atomic E-state index is 5.88. The molecule has 1 aromatic rings. The van der Waals surface area contributed by atoms with Crippen LogP contribution in [0.1, 0.15) is 12.8 Å². The number of fused-ring (bicyclic) bond motifs is 1. The van der Waals surface area contributed by atoms with Gasteiger partial charge in [0.1, 0.15) is 11.9 Å². The number of piperidine rings is 1. The first-order valence-electron chi connectivity index (χ1n) is 5.61. The molecular weight excluding hydrogens is 206 g/mol. The lowest BCUT2D eigenvalue weighted by molar-refractivity contribution is 0.160. The minimum atomic E-state index is 0.290. The van der Waals surface area contributed by atoms with E-state index in [0.29, 0.717) is 6.79 Å². The summed E-state index contributed by atoms with van der Waals surface area (Å²) in [5.74, 6) is 2.43. The average Bonchev–Trinajstić information content (AvgIpc) is 2.77. The van der Waals surface area contributed by atoms with Crippen LogP contribution in [0.15, 0.2) is 18.2 Å². The molecule has 2 aliphatic heterocycles. The second-order valence-electron chi connectivity index (χ2n) is 4.00. The number of hydrogen-bond donors (Lipinski definition) is 0. The van der Waals surface area contributed by atoms with Crippen LogP contribution in [0.4, 0.5) is 0 Å². The second-order valence-corrected chi connectivity index (χ2v) is 4.00. The summed E-state index contributed by atoms with van der Waals surface area (Å²) < 4.78 is 16.4. The Bertz CT molecular complexity index is 375. The molecule has 1 aromatic carbocycles. The number of rotatable bonds is 2. The number of benzene rings is 1. The van der Waals surface area contributed by atoms with Gasteiger partial charge in [0.2, 0.25) is 6.79 Å². The first-order valence-corrected chi connectivity index (χ1v) is 5.61. The highest BCUT2D eigenvalue weighted by atomic mass is 16.7. The van der Waals surface area contributed by atoms with Gasteiger partial charge in [-0.1, -0.05) is 0 Å². The van der Waals surface area contributed by atoms with Crippen LogP contribution >= 0.6 is 0 Å². The molecule has 0 amide bonds. The van der Waals surface area contributed by atoms with Gasteiger partial charge in [0.25, 0.3) is 0 Å². The van der Waals surface area contributed by atoms with E-state index in [2.05, 4.69) is 5.32 Å². The molecule has 0 atom stereocenters. The van der Waals surface area contributed by atoms with Crippen molar-refractivity contribution in [2.45, 2.75) is 18.9 Å². The molecule has 1 saturated heterocycles. The van der Waals surface area contributed by atoms with Crippen molar-refractivity contribution in [1.82, 2.24) is 5.32 Å². The van der Waals surface area contributed by atoms with Crippen LogP contribution in [-0.4, -0.2) is 26.0 Å². The topological polar surface area (TPSA) is 41.8 Å². The van der Waals surface area contributed by atoms with E-state index in [-0.39, 0.29) is 6.10 Å². The Hall–Kier alpha value is -1.42. The zero-order chi connectivity index (χ0) is 10.8. The Morgan fingerprint density at radius 3 is 2.81 bits per heavy atom. The van der Waals surface area contributed by atoms with Crippen LogP contribution in [0.3, 0.4) is 0 Å². The SMILES string of the molecule is c1cc2c(cc1OC1CC[N]CC1)OCO2. The highest BCUT2D eigenvalue weighted by Gasteiger charge is 2.18. The largest absolute Gasteiger partial charge is 0.490 e. The van der Waals surface area contributed by atoms with Gasteiger partial charge in [-0.3, -0.25) is 0 Å². The third-order valence-corrected chi connectivity index (χ3v) is 2.87. The van der Waals surface area contributed by atoms with Gasteiger partial charge < -0.3 is 14.2 Å². The van der Waals surface area contributed by atoms with Crippen molar-refractivity contribution in [1.29, 1.82) is 0 Å². The molecule has 0 unspecified atom stereocenters. The minimum Gasteiger partial charge on any atom is -0.490 e. The summed E-state index contributed by atoms with van der Waals surface area (Å²) in [6, 6.07) is 5.72. The van der Waals surface area contributed by atoms with E-state index in [4.69, 9.17) is 14.2 Å². The quantitative estimate of drug-likeness (QED) is 0.759. The van der Waals surface area contributed by atoms with Crippen LogP contribution in [-0.2, 0) is 0 Å². The van der Waals surface area contributed by atoms with Crippen molar-refractivity contribution in [2.24, 2.45) is 0 Å². The molecule has 0 aliphatic carbocycles. The Kier molecular flexibility index (Phi) is 2.58. The van der Waals surface area contributed by atoms with Gasteiger partial charge >= 0.3 is 0 Å². The zero-order valence-corrected chi connectivity index (χ0v) is 9.02. The third kappa shape index (κ3) is 1.93. The van der Waals surface area contributed by atoms with Gasteiger partial charge in [-0.15, -0.1) is 0 Å². The Morgan fingerprint density at radius 1 is 1.12 bits per heavy atom. The lowest BCUT2D eigenvalue weighted by atomic mass is 10.1. The number of ether oxygens (including phenoxy) is 3. The summed E-state index contributed by atoms with van der Waals surface area (Å²) in [6.45, 7) is 2.13. The zero-order valence-electron chi connectivity index (χ0n) is 9.02. The maximum Gasteiger partial charge on any atom is 0.231 e. The normalized spacial score (nSPS) is 19.8. The van der Waals surface area contributed by atoms with Crippen LogP contribution in [0.5, 0.6) is 17.2 Å². The van der Waals surface area contributed by atoms with Gasteiger partial charge in [-0.2, -0.15) is 0 Å². The maximum absolute atomic E-state index is 5.88. The molecule has 0 N–H and O–H groups in total. The van der Waals surface area contributed by atoms with E-state index in [1.165, 1.54) is 0 Å². The summed E-state index contributed by atoms with van der Waals surface area (Å²) in [7, 11) is 0. The van der Waals surface area contributed by atoms with Crippen molar-refractivity contribution in [3.8, 4) is 17.2 Å². The highest BCUT2D eigenvalue weighted by Crippen LogP contribution is 2.35. The predicted octanol–water partition coefficient (Wildman–Crippen LogP) is 1.56. The van der Waals surface area contributed by atoms with E-state index in [9.17, 15) is 0 Å². The van der Waals surface area contributed by atoms with E-state index in [0.717, 1.165) is 43.2 Å². The highest BCUT2D eigenvalue weighted by molar-refractivity contribution is 5.46. The van der Waals surface area contributed by atoms with Crippen LogP contribution in [0.2, 0.25) is 0 Å². The van der Waals surface area contributed by atoms with Crippen molar-refractivity contribution in [2.75, 3.05) is 19.9 Å². The van der Waals surface area contributed by atoms with Gasteiger partial charge in [0.05, 0.1) is 0 Å². The fourth-order valence-electron chi connectivity index (χ4n) is 1.99. The molecule has 3 rings (SSSR count). The molecule has 85 valence electrons. The van der Waals surface area contributed by atoms with Crippen molar-refractivity contribution >= 4 is 0 Å². The Labute approximate surface area is 94.5 Å². The van der Waals surface area contributed by atoms with E-state index in [1.54, 1.807) is 0 Å². The van der Waals surface area contributed by atoms with Crippen molar-refractivity contribution < 1.29 is 14.2 Å².